The first-order valence-electron chi connectivity index (χ1n) is 6.44. The van der Waals surface area contributed by atoms with E-state index in [9.17, 15) is 28.0 Å². The van der Waals surface area contributed by atoms with Gasteiger partial charge in [-0.3, -0.25) is 19.7 Å². The van der Waals surface area contributed by atoms with E-state index in [4.69, 9.17) is 5.73 Å². The normalized spacial score (nSPS) is 16.7. The number of nitrogens with one attached hydrogen (secondary N) is 3. The number of amides is 5. The van der Waals surface area contributed by atoms with Crippen molar-refractivity contribution in [3.8, 4) is 0 Å². The average molecular weight is 326 g/mol. The first-order valence-corrected chi connectivity index (χ1v) is 6.44. The zero-order valence-corrected chi connectivity index (χ0v) is 11.6. The maximum Gasteiger partial charge on any atom is 0.322 e. The molecular formula is C13H12F2N4O4. The molecule has 1 atom stereocenters. The Hall–Kier alpha value is -3.04. The van der Waals surface area contributed by atoms with E-state index in [1.54, 1.807) is 0 Å². The van der Waals surface area contributed by atoms with Gasteiger partial charge in [0, 0.05) is 12.1 Å². The van der Waals surface area contributed by atoms with Gasteiger partial charge >= 0.3 is 6.03 Å². The summed E-state index contributed by atoms with van der Waals surface area (Å²) in [6.07, 6.45) is -0.346. The molecule has 122 valence electrons. The Morgan fingerprint density at radius 2 is 1.91 bits per heavy atom. The number of imide groups is 1. The lowest BCUT2D eigenvalue weighted by Crippen LogP contribution is -2.36. The van der Waals surface area contributed by atoms with E-state index >= 15 is 0 Å². The molecule has 0 bridgehead atoms. The second-order valence-corrected chi connectivity index (χ2v) is 4.76. The molecule has 1 aliphatic rings. The zero-order valence-electron chi connectivity index (χ0n) is 11.6. The Labute approximate surface area is 128 Å². The molecule has 1 unspecified atom stereocenters. The number of carbonyl (C=O) groups excluding carboxylic acids is 4. The first-order chi connectivity index (χ1) is 10.8. The van der Waals surface area contributed by atoms with Crippen molar-refractivity contribution in [3.05, 3.63) is 34.9 Å². The fourth-order valence-corrected chi connectivity index (χ4v) is 1.97. The van der Waals surface area contributed by atoms with Crippen molar-refractivity contribution in [3.63, 3.8) is 0 Å². The minimum atomic E-state index is -1.40. The number of rotatable bonds is 5. The third-order valence-corrected chi connectivity index (χ3v) is 3.15. The van der Waals surface area contributed by atoms with E-state index in [2.05, 4.69) is 10.6 Å². The molecule has 23 heavy (non-hydrogen) atoms. The number of primary amides is 1. The molecule has 1 aromatic carbocycles. The number of benzene rings is 1. The quantitative estimate of drug-likeness (QED) is 0.532. The summed E-state index contributed by atoms with van der Waals surface area (Å²) < 4.78 is 27.3. The minimum absolute atomic E-state index is 0.194. The smallest absolute Gasteiger partial charge is 0.322 e. The van der Waals surface area contributed by atoms with Crippen molar-refractivity contribution in [1.29, 1.82) is 0 Å². The lowest BCUT2D eigenvalue weighted by Gasteiger charge is -2.10. The molecule has 1 saturated heterocycles. The van der Waals surface area contributed by atoms with E-state index in [1.807, 2.05) is 5.32 Å². The van der Waals surface area contributed by atoms with Crippen molar-refractivity contribution in [2.24, 2.45) is 5.73 Å². The van der Waals surface area contributed by atoms with Crippen LogP contribution in [0.4, 0.5) is 13.6 Å². The second kappa shape index (κ2) is 6.38. The summed E-state index contributed by atoms with van der Waals surface area (Å²) in [6.45, 7) is -0.358. The molecule has 1 heterocycles. The number of halogens is 2. The molecule has 10 heteroatoms. The van der Waals surface area contributed by atoms with E-state index in [0.29, 0.717) is 0 Å². The Balaban J connectivity index is 1.97. The van der Waals surface area contributed by atoms with Gasteiger partial charge in [0.15, 0.2) is 11.6 Å². The van der Waals surface area contributed by atoms with E-state index in [-0.39, 0.29) is 18.5 Å². The van der Waals surface area contributed by atoms with E-state index in [1.165, 1.54) is 0 Å². The van der Waals surface area contributed by atoms with Gasteiger partial charge < -0.3 is 16.4 Å². The molecule has 0 radical (unpaired) electrons. The largest absolute Gasteiger partial charge is 0.366 e. The third-order valence-electron chi connectivity index (χ3n) is 3.15. The summed E-state index contributed by atoms with van der Waals surface area (Å²) in [5, 5.41) is 6.47. The van der Waals surface area contributed by atoms with Crippen molar-refractivity contribution in [2.75, 3.05) is 0 Å². The van der Waals surface area contributed by atoms with Gasteiger partial charge in [-0.1, -0.05) is 6.07 Å². The highest BCUT2D eigenvalue weighted by Gasteiger charge is 2.31. The van der Waals surface area contributed by atoms with Crippen LogP contribution in [0, 0.1) is 11.6 Å². The van der Waals surface area contributed by atoms with Crippen LogP contribution < -0.4 is 21.7 Å². The number of hydrogen-bond acceptors (Lipinski definition) is 4. The molecule has 0 aromatic heterocycles. The number of hydrogen-bond donors (Lipinski definition) is 4. The Bertz CT molecular complexity index is 707. The highest BCUT2D eigenvalue weighted by molar-refractivity contribution is 6.05. The molecular weight excluding hydrogens is 314 g/mol. The van der Waals surface area contributed by atoms with Gasteiger partial charge in [0.1, 0.15) is 6.04 Å². The fraction of sp³-hybridized carbons (Fsp3) is 0.231. The van der Waals surface area contributed by atoms with Gasteiger partial charge in [-0.15, -0.1) is 0 Å². The Morgan fingerprint density at radius 3 is 2.48 bits per heavy atom. The summed E-state index contributed by atoms with van der Waals surface area (Å²) in [7, 11) is 0. The summed E-state index contributed by atoms with van der Waals surface area (Å²) in [5.41, 5.74) is 4.10. The highest BCUT2D eigenvalue weighted by Crippen LogP contribution is 2.16. The van der Waals surface area contributed by atoms with Crippen LogP contribution in [-0.2, 0) is 16.1 Å². The van der Waals surface area contributed by atoms with Crippen molar-refractivity contribution < 1.29 is 28.0 Å². The van der Waals surface area contributed by atoms with Gasteiger partial charge in [-0.2, -0.15) is 0 Å². The minimum Gasteiger partial charge on any atom is -0.366 e. The number of carbonyl (C=O) groups is 4. The second-order valence-electron chi connectivity index (χ2n) is 4.76. The van der Waals surface area contributed by atoms with Gasteiger partial charge in [-0.05, 0) is 6.07 Å². The number of nitrogens with two attached hydrogens (primary N) is 1. The molecule has 0 spiro atoms. The van der Waals surface area contributed by atoms with Crippen LogP contribution in [0.3, 0.4) is 0 Å². The molecule has 8 nitrogen and oxygen atoms in total. The predicted molar refractivity (Wildman–Crippen MR) is 71.8 cm³/mol. The zero-order chi connectivity index (χ0) is 17.1. The van der Waals surface area contributed by atoms with E-state index < -0.39 is 47.0 Å². The molecule has 1 fully saturated rings. The first kappa shape index (κ1) is 16.3. The Kier molecular flexibility index (Phi) is 4.53. The van der Waals surface area contributed by atoms with Crippen molar-refractivity contribution >= 4 is 23.8 Å². The fourth-order valence-electron chi connectivity index (χ4n) is 1.97. The van der Waals surface area contributed by atoms with Crippen LogP contribution in [0.1, 0.15) is 22.3 Å². The monoisotopic (exact) mass is 326 g/mol. The van der Waals surface area contributed by atoms with Gasteiger partial charge in [-0.25, -0.2) is 13.6 Å². The van der Waals surface area contributed by atoms with Crippen LogP contribution >= 0.6 is 0 Å². The van der Waals surface area contributed by atoms with Crippen molar-refractivity contribution in [2.45, 2.75) is 19.0 Å². The van der Waals surface area contributed by atoms with Crippen LogP contribution in [0.2, 0.25) is 0 Å². The third kappa shape index (κ3) is 3.59. The average Bonchev–Trinajstić information content (AvgIpc) is 2.78. The predicted octanol–water partition coefficient (Wildman–Crippen LogP) is -0.722. The van der Waals surface area contributed by atoms with Crippen LogP contribution in [0.25, 0.3) is 0 Å². The summed E-state index contributed by atoms with van der Waals surface area (Å²) in [6, 6.07) is 0.402. The summed E-state index contributed by atoms with van der Waals surface area (Å²) in [5.74, 6) is -5.10. The van der Waals surface area contributed by atoms with Gasteiger partial charge in [0.05, 0.1) is 12.0 Å². The van der Waals surface area contributed by atoms with Crippen molar-refractivity contribution in [1.82, 2.24) is 16.0 Å². The molecule has 1 aliphatic heterocycles. The van der Waals surface area contributed by atoms with Gasteiger partial charge in [0.2, 0.25) is 5.91 Å². The topological polar surface area (TPSA) is 130 Å². The molecule has 0 aliphatic carbocycles. The summed E-state index contributed by atoms with van der Waals surface area (Å²) >= 11 is 0. The maximum absolute atomic E-state index is 13.7. The van der Waals surface area contributed by atoms with Crippen LogP contribution in [0.15, 0.2) is 12.1 Å². The molecule has 1 aromatic rings. The molecule has 5 amide bonds. The molecule has 5 N–H and O–H groups in total. The van der Waals surface area contributed by atoms with Gasteiger partial charge in [0.25, 0.3) is 11.8 Å². The maximum atomic E-state index is 13.7. The lowest BCUT2D eigenvalue weighted by atomic mass is 10.1. The van der Waals surface area contributed by atoms with Crippen LogP contribution in [-0.4, -0.2) is 29.8 Å². The van der Waals surface area contributed by atoms with E-state index in [0.717, 1.165) is 12.1 Å². The SMILES string of the molecule is NC(=O)c1ccc(CNC(=O)CC2NC(=O)NC2=O)c(F)c1F. The Morgan fingerprint density at radius 1 is 1.22 bits per heavy atom. The lowest BCUT2D eigenvalue weighted by molar-refractivity contribution is -0.126. The standard InChI is InChI=1S/C13H12F2N4O4/c14-9-5(1-2-6(10(9)15)11(16)21)4-17-8(20)3-7-12(22)19-13(23)18-7/h1-2,7H,3-4H2,(H2,16,21)(H,17,20)(H2,18,19,22,23). The number of urea groups is 1. The molecule has 2 rings (SSSR count). The summed E-state index contributed by atoms with van der Waals surface area (Å²) in [4.78, 5) is 44.7. The molecule has 0 saturated carbocycles. The van der Waals surface area contributed by atoms with Crippen LogP contribution in [0.5, 0.6) is 0 Å². The highest BCUT2D eigenvalue weighted by atomic mass is 19.2.